The zero-order chi connectivity index (χ0) is 21.3. The molecule has 6 nitrogen and oxygen atoms in total. The van der Waals surface area contributed by atoms with Crippen LogP contribution in [0.2, 0.25) is 0 Å². The molecule has 3 N–H and O–H groups in total. The van der Waals surface area contributed by atoms with E-state index in [4.69, 9.17) is 0 Å². The topological polar surface area (TPSA) is 99.3 Å². The normalized spacial score (nSPS) is 10.7. The van der Waals surface area contributed by atoms with Crippen LogP contribution in [0.4, 0.5) is 5.69 Å². The van der Waals surface area contributed by atoms with Crippen LogP contribution in [0.3, 0.4) is 0 Å². The predicted molar refractivity (Wildman–Crippen MR) is 114 cm³/mol. The van der Waals surface area contributed by atoms with E-state index in [1.54, 1.807) is 54.6 Å². The molecule has 0 radical (unpaired) electrons. The maximum atomic E-state index is 13.0. The lowest BCUT2D eigenvalue weighted by molar-refractivity contribution is 0.102. The number of hydrogen-bond donors (Lipinski definition) is 3. The monoisotopic (exact) mass is 398 g/mol. The average Bonchev–Trinajstić information content (AvgIpc) is 3.07. The summed E-state index contributed by atoms with van der Waals surface area (Å²) in [4.78, 5) is 39.3. The summed E-state index contributed by atoms with van der Waals surface area (Å²) >= 11 is 0. The van der Waals surface area contributed by atoms with Crippen molar-refractivity contribution >= 4 is 34.6 Å². The second kappa shape index (κ2) is 7.67. The Bertz CT molecular complexity index is 1300. The third kappa shape index (κ3) is 3.46. The molecule has 0 aliphatic heterocycles. The number of anilines is 1. The quantitative estimate of drug-likeness (QED) is 0.341. The largest absolute Gasteiger partial charge is 0.494 e. The Labute approximate surface area is 172 Å². The number of aldehydes is 1. The second-order valence-corrected chi connectivity index (χ2v) is 6.94. The number of amides is 1. The number of ketones is 1. The first-order chi connectivity index (χ1) is 14.5. The smallest absolute Gasteiger partial charge is 0.255 e. The first kappa shape index (κ1) is 19.1. The Morgan fingerprint density at radius 1 is 0.967 bits per heavy atom. The van der Waals surface area contributed by atoms with Gasteiger partial charge >= 0.3 is 0 Å². The third-order valence-electron chi connectivity index (χ3n) is 4.97. The van der Waals surface area contributed by atoms with Crippen LogP contribution in [-0.4, -0.2) is 28.1 Å². The van der Waals surface area contributed by atoms with E-state index in [1.165, 1.54) is 0 Å². The maximum Gasteiger partial charge on any atom is 0.255 e. The van der Waals surface area contributed by atoms with Gasteiger partial charge in [-0.05, 0) is 36.8 Å². The number of fused-ring (bicyclic) bond motifs is 1. The maximum absolute atomic E-state index is 13.0. The number of aromatic hydroxyl groups is 1. The molecule has 4 rings (SSSR count). The molecule has 0 spiro atoms. The number of aryl methyl sites for hydroxylation is 1. The van der Waals surface area contributed by atoms with Crippen LogP contribution in [0.15, 0.2) is 66.7 Å². The molecule has 30 heavy (non-hydrogen) atoms. The number of carbonyl (C=O) groups is 3. The number of carbonyl (C=O) groups excluding carboxylic acids is 3. The molecule has 0 saturated carbocycles. The Kier molecular flexibility index (Phi) is 4.90. The van der Waals surface area contributed by atoms with Crippen molar-refractivity contribution in [1.29, 1.82) is 0 Å². The van der Waals surface area contributed by atoms with Crippen molar-refractivity contribution < 1.29 is 19.5 Å². The summed E-state index contributed by atoms with van der Waals surface area (Å²) in [5.41, 5.74) is 3.38. The summed E-state index contributed by atoms with van der Waals surface area (Å²) in [5, 5.41) is 13.2. The highest BCUT2D eigenvalue weighted by atomic mass is 16.3. The molecule has 4 aromatic rings. The standard InChI is InChI=1S/C24H18N2O4/c1-14-5-2-3-8-18(14)23(29)25-17-7-4-6-15(11-17)22(28)16-9-10-19-20(13-27)24(30)26-21(19)12-16/h2-13,26,30H,1H3,(H,25,29). The minimum Gasteiger partial charge on any atom is -0.494 e. The molecule has 0 atom stereocenters. The molecule has 0 bridgehead atoms. The van der Waals surface area contributed by atoms with Gasteiger partial charge in [-0.3, -0.25) is 14.4 Å². The molecule has 0 aliphatic rings. The zero-order valence-corrected chi connectivity index (χ0v) is 16.1. The average molecular weight is 398 g/mol. The van der Waals surface area contributed by atoms with Gasteiger partial charge in [-0.25, -0.2) is 0 Å². The fraction of sp³-hybridized carbons (Fsp3) is 0.0417. The summed E-state index contributed by atoms with van der Waals surface area (Å²) in [5.74, 6) is -0.724. The van der Waals surface area contributed by atoms with Gasteiger partial charge in [-0.1, -0.05) is 42.5 Å². The van der Waals surface area contributed by atoms with E-state index in [0.717, 1.165) is 5.56 Å². The number of aromatic nitrogens is 1. The molecule has 0 unspecified atom stereocenters. The lowest BCUT2D eigenvalue weighted by atomic mass is 10.0. The van der Waals surface area contributed by atoms with Gasteiger partial charge in [0.2, 0.25) is 0 Å². The number of rotatable bonds is 5. The van der Waals surface area contributed by atoms with Crippen molar-refractivity contribution in [3.63, 3.8) is 0 Å². The predicted octanol–water partition coefficient (Wildman–Crippen LogP) is 4.48. The molecule has 148 valence electrons. The Balaban J connectivity index is 1.61. The molecule has 0 saturated heterocycles. The van der Waals surface area contributed by atoms with E-state index in [1.807, 2.05) is 19.1 Å². The van der Waals surface area contributed by atoms with Crippen molar-refractivity contribution in [3.8, 4) is 5.88 Å². The molecule has 0 fully saturated rings. The minimum atomic E-state index is -0.248. The fourth-order valence-corrected chi connectivity index (χ4v) is 3.40. The van der Waals surface area contributed by atoms with Crippen LogP contribution in [0.1, 0.15) is 42.2 Å². The number of hydrogen-bond acceptors (Lipinski definition) is 4. The summed E-state index contributed by atoms with van der Waals surface area (Å²) in [6.07, 6.45) is 0.566. The summed E-state index contributed by atoms with van der Waals surface area (Å²) in [7, 11) is 0. The third-order valence-corrected chi connectivity index (χ3v) is 4.97. The van der Waals surface area contributed by atoms with E-state index in [9.17, 15) is 19.5 Å². The van der Waals surface area contributed by atoms with Crippen molar-refractivity contribution in [1.82, 2.24) is 4.98 Å². The summed E-state index contributed by atoms with van der Waals surface area (Å²) in [6.45, 7) is 1.86. The Morgan fingerprint density at radius 2 is 1.73 bits per heavy atom. The van der Waals surface area contributed by atoms with E-state index < -0.39 is 0 Å². The molecule has 1 amide bonds. The SMILES string of the molecule is Cc1ccccc1C(=O)Nc1cccc(C(=O)c2ccc3c(C=O)c(O)[nH]c3c2)c1. The number of benzene rings is 3. The van der Waals surface area contributed by atoms with Gasteiger partial charge in [-0.2, -0.15) is 0 Å². The minimum absolute atomic E-state index is 0.157. The van der Waals surface area contributed by atoms with E-state index in [-0.39, 0.29) is 23.1 Å². The van der Waals surface area contributed by atoms with E-state index in [2.05, 4.69) is 10.3 Å². The van der Waals surface area contributed by atoms with Gasteiger partial charge in [0.15, 0.2) is 17.9 Å². The molecule has 3 aromatic carbocycles. The van der Waals surface area contributed by atoms with Crippen LogP contribution in [0.25, 0.3) is 10.9 Å². The van der Waals surface area contributed by atoms with E-state index in [0.29, 0.717) is 39.6 Å². The van der Waals surface area contributed by atoms with E-state index >= 15 is 0 Å². The van der Waals surface area contributed by atoms with Crippen LogP contribution >= 0.6 is 0 Å². The first-order valence-corrected chi connectivity index (χ1v) is 9.29. The van der Waals surface area contributed by atoms with Gasteiger partial charge in [-0.15, -0.1) is 0 Å². The van der Waals surface area contributed by atoms with Crippen LogP contribution < -0.4 is 5.32 Å². The molecular weight excluding hydrogens is 380 g/mol. The van der Waals surface area contributed by atoms with Crippen molar-refractivity contribution in [2.24, 2.45) is 0 Å². The van der Waals surface area contributed by atoms with Gasteiger partial charge in [0.05, 0.1) is 5.56 Å². The van der Waals surface area contributed by atoms with Crippen molar-refractivity contribution in [2.75, 3.05) is 5.32 Å². The summed E-state index contributed by atoms with van der Waals surface area (Å²) in [6, 6.07) is 18.8. The highest BCUT2D eigenvalue weighted by Gasteiger charge is 2.15. The molecule has 6 heteroatoms. The molecule has 1 heterocycles. The van der Waals surface area contributed by atoms with Crippen molar-refractivity contribution in [2.45, 2.75) is 6.92 Å². The molecular formula is C24H18N2O4. The molecule has 0 aliphatic carbocycles. The van der Waals surface area contributed by atoms with Crippen molar-refractivity contribution in [3.05, 3.63) is 94.5 Å². The first-order valence-electron chi connectivity index (χ1n) is 9.29. The van der Waals surface area contributed by atoms with Crippen LogP contribution in [0.5, 0.6) is 5.88 Å². The Hall–Kier alpha value is -4.19. The zero-order valence-electron chi connectivity index (χ0n) is 16.1. The lowest BCUT2D eigenvalue weighted by Gasteiger charge is -2.09. The van der Waals surface area contributed by atoms with Gasteiger partial charge in [0.25, 0.3) is 5.91 Å². The summed E-state index contributed by atoms with van der Waals surface area (Å²) < 4.78 is 0. The van der Waals surface area contributed by atoms with Gasteiger partial charge in [0.1, 0.15) is 0 Å². The van der Waals surface area contributed by atoms with Crippen LogP contribution in [0, 0.1) is 6.92 Å². The number of aromatic amines is 1. The molecule has 1 aromatic heterocycles. The highest BCUT2D eigenvalue weighted by Crippen LogP contribution is 2.27. The highest BCUT2D eigenvalue weighted by molar-refractivity contribution is 6.12. The fourth-order valence-electron chi connectivity index (χ4n) is 3.40. The Morgan fingerprint density at radius 3 is 2.50 bits per heavy atom. The van der Waals surface area contributed by atoms with Crippen LogP contribution in [-0.2, 0) is 0 Å². The van der Waals surface area contributed by atoms with Gasteiger partial charge in [0, 0.05) is 33.3 Å². The number of H-pyrrole nitrogens is 1. The van der Waals surface area contributed by atoms with Gasteiger partial charge < -0.3 is 15.4 Å². The second-order valence-electron chi connectivity index (χ2n) is 6.94. The number of nitrogens with one attached hydrogen (secondary N) is 2. The lowest BCUT2D eigenvalue weighted by Crippen LogP contribution is -2.13.